The van der Waals surface area contributed by atoms with Gasteiger partial charge in [0.2, 0.25) is 11.1 Å². The van der Waals surface area contributed by atoms with Gasteiger partial charge >= 0.3 is 0 Å². The van der Waals surface area contributed by atoms with Crippen LogP contribution in [0.4, 0.5) is 0 Å². The molecular formula is C15H19N5O3S. The lowest BCUT2D eigenvalue weighted by molar-refractivity contribution is -0.129. The van der Waals surface area contributed by atoms with Crippen molar-refractivity contribution in [3.05, 3.63) is 29.6 Å². The second-order valence-electron chi connectivity index (χ2n) is 5.35. The summed E-state index contributed by atoms with van der Waals surface area (Å²) in [5.41, 5.74) is 2.27. The van der Waals surface area contributed by atoms with E-state index in [0.29, 0.717) is 29.7 Å². The summed E-state index contributed by atoms with van der Waals surface area (Å²) in [6.45, 7) is 1.24. The van der Waals surface area contributed by atoms with Gasteiger partial charge in [0.25, 0.3) is 0 Å². The number of amides is 1. The molecule has 1 aliphatic rings. The van der Waals surface area contributed by atoms with Crippen LogP contribution < -0.4 is 15.3 Å². The van der Waals surface area contributed by atoms with Crippen molar-refractivity contribution in [2.45, 2.75) is 18.1 Å². The molecule has 24 heavy (non-hydrogen) atoms. The summed E-state index contributed by atoms with van der Waals surface area (Å²) in [4.78, 5) is 14.3. The number of nitrogens with zero attached hydrogens (tertiary/aromatic N) is 4. The molecule has 9 heteroatoms. The summed E-state index contributed by atoms with van der Waals surface area (Å²) in [5.74, 6) is 7.36. The van der Waals surface area contributed by atoms with Gasteiger partial charge in [0.05, 0.1) is 20.0 Å². The predicted molar refractivity (Wildman–Crippen MR) is 89.6 cm³/mol. The minimum Gasteiger partial charge on any atom is -0.493 e. The Morgan fingerprint density at radius 1 is 1.29 bits per heavy atom. The Hall–Kier alpha value is -2.42. The fourth-order valence-electron chi connectivity index (χ4n) is 2.65. The summed E-state index contributed by atoms with van der Waals surface area (Å²) in [5, 5.41) is 8.07. The molecule has 0 radical (unpaired) electrons. The number of hydrogen-bond donors (Lipinski definition) is 1. The first kappa shape index (κ1) is 16.4. The van der Waals surface area contributed by atoms with E-state index in [9.17, 15) is 4.79 Å². The molecule has 0 unspecified atom stereocenters. The Bertz CT molecular complexity index is 749. The maximum Gasteiger partial charge on any atom is 0.233 e. The van der Waals surface area contributed by atoms with Crippen LogP contribution >= 0.6 is 11.8 Å². The van der Waals surface area contributed by atoms with Crippen molar-refractivity contribution < 1.29 is 14.3 Å². The smallest absolute Gasteiger partial charge is 0.233 e. The highest BCUT2D eigenvalue weighted by atomic mass is 32.2. The normalized spacial score (nSPS) is 13.5. The Morgan fingerprint density at radius 3 is 2.62 bits per heavy atom. The number of ether oxygens (including phenoxy) is 2. The molecule has 1 aromatic carbocycles. The number of nitrogens with two attached hydrogens (primary N) is 1. The molecule has 2 aromatic rings. The molecule has 2 heterocycles. The van der Waals surface area contributed by atoms with E-state index in [1.807, 2.05) is 17.0 Å². The van der Waals surface area contributed by atoms with Gasteiger partial charge < -0.3 is 20.2 Å². The molecule has 1 aromatic heterocycles. The number of hydrogen-bond acceptors (Lipinski definition) is 7. The topological polar surface area (TPSA) is 95.5 Å². The molecule has 0 bridgehead atoms. The van der Waals surface area contributed by atoms with Gasteiger partial charge in [0, 0.05) is 13.1 Å². The van der Waals surface area contributed by atoms with Crippen molar-refractivity contribution >= 4 is 17.7 Å². The van der Waals surface area contributed by atoms with E-state index in [0.717, 1.165) is 12.0 Å². The molecule has 3 rings (SSSR count). The van der Waals surface area contributed by atoms with Crippen LogP contribution in [-0.2, 0) is 17.8 Å². The summed E-state index contributed by atoms with van der Waals surface area (Å²) < 4.78 is 12.0. The van der Waals surface area contributed by atoms with Gasteiger partial charge in [-0.2, -0.15) is 0 Å². The summed E-state index contributed by atoms with van der Waals surface area (Å²) in [6, 6.07) is 3.93. The molecule has 0 spiro atoms. The lowest BCUT2D eigenvalue weighted by Crippen LogP contribution is -2.37. The summed E-state index contributed by atoms with van der Waals surface area (Å²) in [6.07, 6.45) is 2.20. The molecule has 0 atom stereocenters. The number of thioether (sulfide) groups is 1. The minimum absolute atomic E-state index is 0.0448. The Labute approximate surface area is 143 Å². The molecule has 1 amide bonds. The highest BCUT2D eigenvalue weighted by molar-refractivity contribution is 7.99. The SMILES string of the molecule is COc1cc2c(cc1OC)CN(C(=O)CSc1nncn1N)CC2. The van der Waals surface area contributed by atoms with E-state index >= 15 is 0 Å². The van der Waals surface area contributed by atoms with Crippen LogP contribution in [0, 0.1) is 0 Å². The zero-order valence-electron chi connectivity index (χ0n) is 13.6. The molecule has 0 fully saturated rings. The van der Waals surface area contributed by atoms with Gasteiger partial charge in [0.15, 0.2) is 11.5 Å². The van der Waals surface area contributed by atoms with Crippen molar-refractivity contribution in [3.8, 4) is 11.5 Å². The highest BCUT2D eigenvalue weighted by Crippen LogP contribution is 2.33. The lowest BCUT2D eigenvalue weighted by atomic mass is 9.99. The zero-order chi connectivity index (χ0) is 17.1. The Balaban J connectivity index is 1.67. The largest absolute Gasteiger partial charge is 0.493 e. The molecule has 0 aliphatic carbocycles. The van der Waals surface area contributed by atoms with Crippen LogP contribution in [0.25, 0.3) is 0 Å². The van der Waals surface area contributed by atoms with Gasteiger partial charge in [-0.05, 0) is 29.7 Å². The number of fused-ring (bicyclic) bond motifs is 1. The van der Waals surface area contributed by atoms with Gasteiger partial charge in [-0.3, -0.25) is 4.79 Å². The van der Waals surface area contributed by atoms with Crippen molar-refractivity contribution in [2.24, 2.45) is 0 Å². The number of nitrogen functional groups attached to an aromatic ring is 1. The second-order valence-corrected chi connectivity index (χ2v) is 6.29. The van der Waals surface area contributed by atoms with Crippen LogP contribution in [0.1, 0.15) is 11.1 Å². The standard InChI is InChI=1S/C15H19N5O3S/c1-22-12-5-10-3-4-19(7-11(10)6-13(12)23-2)14(21)8-24-15-18-17-9-20(15)16/h5-6,9H,3-4,7-8,16H2,1-2H3. The average Bonchev–Trinajstić information content (AvgIpc) is 3.02. The van der Waals surface area contributed by atoms with Crippen LogP contribution in [0.15, 0.2) is 23.6 Å². The van der Waals surface area contributed by atoms with Crippen molar-refractivity contribution in [3.63, 3.8) is 0 Å². The number of carbonyl (C=O) groups excluding carboxylic acids is 1. The Morgan fingerprint density at radius 2 is 2.00 bits per heavy atom. The third-order valence-corrected chi connectivity index (χ3v) is 4.88. The Kier molecular flexibility index (Phi) is 4.79. The van der Waals surface area contributed by atoms with Crippen molar-refractivity contribution in [2.75, 3.05) is 32.4 Å². The second kappa shape index (κ2) is 7.00. The minimum atomic E-state index is 0.0448. The third kappa shape index (κ3) is 3.25. The molecule has 8 nitrogen and oxygen atoms in total. The number of benzene rings is 1. The van der Waals surface area contributed by atoms with Gasteiger partial charge in [-0.15, -0.1) is 10.2 Å². The summed E-state index contributed by atoms with van der Waals surface area (Å²) >= 11 is 1.28. The first-order valence-corrected chi connectivity index (χ1v) is 8.40. The van der Waals surface area contributed by atoms with E-state index in [-0.39, 0.29) is 11.7 Å². The average molecular weight is 349 g/mol. The highest BCUT2D eigenvalue weighted by Gasteiger charge is 2.23. The predicted octanol–water partition coefficient (Wildman–Crippen LogP) is 0.686. The molecule has 128 valence electrons. The lowest BCUT2D eigenvalue weighted by Gasteiger charge is -2.29. The van der Waals surface area contributed by atoms with E-state index in [1.165, 1.54) is 28.3 Å². The first-order valence-electron chi connectivity index (χ1n) is 7.41. The van der Waals surface area contributed by atoms with Crippen LogP contribution in [-0.4, -0.2) is 52.2 Å². The number of carbonyl (C=O) groups is 1. The maximum absolute atomic E-state index is 12.4. The van der Waals surface area contributed by atoms with E-state index in [4.69, 9.17) is 15.3 Å². The zero-order valence-corrected chi connectivity index (χ0v) is 14.4. The first-order chi connectivity index (χ1) is 11.6. The fourth-order valence-corrected chi connectivity index (χ4v) is 3.39. The number of rotatable bonds is 5. The fraction of sp³-hybridized carbons (Fsp3) is 0.400. The van der Waals surface area contributed by atoms with Crippen molar-refractivity contribution in [1.82, 2.24) is 19.8 Å². The molecular weight excluding hydrogens is 330 g/mol. The quantitative estimate of drug-likeness (QED) is 0.626. The maximum atomic E-state index is 12.4. The van der Waals surface area contributed by atoms with Gasteiger partial charge in [-0.25, -0.2) is 4.68 Å². The summed E-state index contributed by atoms with van der Waals surface area (Å²) in [7, 11) is 3.23. The van der Waals surface area contributed by atoms with Gasteiger partial charge in [0.1, 0.15) is 6.33 Å². The molecule has 1 aliphatic heterocycles. The van der Waals surface area contributed by atoms with E-state index < -0.39 is 0 Å². The number of methoxy groups -OCH3 is 2. The van der Waals surface area contributed by atoms with Gasteiger partial charge in [-0.1, -0.05) is 11.8 Å². The molecule has 0 saturated heterocycles. The third-order valence-electron chi connectivity index (χ3n) is 3.94. The van der Waals surface area contributed by atoms with E-state index in [2.05, 4.69) is 10.2 Å². The van der Waals surface area contributed by atoms with Crippen molar-refractivity contribution in [1.29, 1.82) is 0 Å². The molecule has 2 N–H and O–H groups in total. The van der Waals surface area contributed by atoms with Crippen LogP contribution in [0.5, 0.6) is 11.5 Å². The van der Waals surface area contributed by atoms with Crippen LogP contribution in [0.2, 0.25) is 0 Å². The molecule has 0 saturated carbocycles. The number of aromatic nitrogens is 3. The monoisotopic (exact) mass is 349 g/mol. The van der Waals surface area contributed by atoms with E-state index in [1.54, 1.807) is 14.2 Å². The van der Waals surface area contributed by atoms with Crippen LogP contribution in [0.3, 0.4) is 0 Å².